The van der Waals surface area contributed by atoms with Crippen LogP contribution in [0.4, 0.5) is 22.0 Å². The molecule has 1 fully saturated rings. The maximum absolute atomic E-state index is 15.5. The number of aryl methyl sites for hydroxylation is 1. The Balaban J connectivity index is 1.18. The molecule has 0 unspecified atom stereocenters. The maximum Gasteiger partial charge on any atom is 0.422 e. The first kappa shape index (κ1) is 26.8. The Morgan fingerprint density at radius 2 is 2.00 bits per heavy atom. The van der Waals surface area contributed by atoms with Crippen molar-refractivity contribution in [2.45, 2.75) is 69.3 Å². The van der Waals surface area contributed by atoms with E-state index >= 15 is 4.39 Å². The van der Waals surface area contributed by atoms with Gasteiger partial charge in [-0.05, 0) is 38.5 Å². The first-order valence-corrected chi connectivity index (χ1v) is 12.9. The van der Waals surface area contributed by atoms with Gasteiger partial charge in [-0.1, -0.05) is 11.3 Å². The van der Waals surface area contributed by atoms with Crippen molar-refractivity contribution in [3.8, 4) is 5.19 Å². The van der Waals surface area contributed by atoms with Crippen molar-refractivity contribution in [1.29, 1.82) is 0 Å². The molecule has 7 nitrogen and oxygen atoms in total. The zero-order chi connectivity index (χ0) is 25.9. The van der Waals surface area contributed by atoms with Crippen LogP contribution in [-0.2, 0) is 31.1 Å². The van der Waals surface area contributed by atoms with Crippen LogP contribution in [0.15, 0.2) is 6.20 Å². The van der Waals surface area contributed by atoms with E-state index in [2.05, 4.69) is 20.3 Å². The third-order valence-corrected chi connectivity index (χ3v) is 7.83. The average molecular weight is 536 g/mol. The molecule has 200 valence electrons. The molecular weight excluding hydrogens is 505 g/mol. The van der Waals surface area contributed by atoms with Crippen molar-refractivity contribution in [3.05, 3.63) is 28.3 Å². The van der Waals surface area contributed by atoms with E-state index in [0.29, 0.717) is 64.6 Å². The van der Waals surface area contributed by atoms with E-state index in [1.165, 1.54) is 10.9 Å². The van der Waals surface area contributed by atoms with Gasteiger partial charge in [0.25, 0.3) is 5.19 Å². The van der Waals surface area contributed by atoms with Crippen LogP contribution in [0.3, 0.4) is 0 Å². The summed E-state index contributed by atoms with van der Waals surface area (Å²) in [7, 11) is 1.59. The van der Waals surface area contributed by atoms with Crippen LogP contribution in [-0.4, -0.2) is 69.7 Å². The zero-order valence-electron chi connectivity index (χ0n) is 20.0. The Morgan fingerprint density at radius 3 is 2.67 bits per heavy atom. The average Bonchev–Trinajstić information content (AvgIpc) is 3.28. The van der Waals surface area contributed by atoms with Crippen LogP contribution in [0.25, 0.3) is 0 Å². The van der Waals surface area contributed by atoms with Crippen LogP contribution < -0.4 is 10.1 Å². The highest BCUT2D eigenvalue weighted by molar-refractivity contribution is 7.13. The molecule has 0 radical (unpaired) electrons. The van der Waals surface area contributed by atoms with Gasteiger partial charge in [0.15, 0.2) is 6.61 Å². The number of amides is 1. The number of halogens is 5. The zero-order valence-corrected chi connectivity index (χ0v) is 20.9. The number of aromatic nitrogens is 3. The maximum atomic E-state index is 15.5. The van der Waals surface area contributed by atoms with Crippen LogP contribution in [0.2, 0.25) is 0 Å². The molecule has 36 heavy (non-hydrogen) atoms. The number of hydrogen-bond donors (Lipinski definition) is 1. The van der Waals surface area contributed by atoms with Crippen LogP contribution in [0.5, 0.6) is 5.19 Å². The third-order valence-electron chi connectivity index (χ3n) is 6.76. The summed E-state index contributed by atoms with van der Waals surface area (Å²) in [5, 5.41) is 6.52. The van der Waals surface area contributed by atoms with Gasteiger partial charge in [0, 0.05) is 55.8 Å². The summed E-state index contributed by atoms with van der Waals surface area (Å²) in [6.45, 7) is 0.584. The fourth-order valence-electron chi connectivity index (χ4n) is 4.78. The van der Waals surface area contributed by atoms with Gasteiger partial charge in [0.2, 0.25) is 11.9 Å². The van der Waals surface area contributed by atoms with Crippen molar-refractivity contribution >= 4 is 17.2 Å². The molecule has 0 saturated heterocycles. The molecule has 2 aromatic heterocycles. The molecule has 3 heterocycles. The molecule has 2 aromatic rings. The van der Waals surface area contributed by atoms with E-state index < -0.39 is 24.4 Å². The Morgan fingerprint density at radius 1 is 1.28 bits per heavy atom. The van der Waals surface area contributed by atoms with E-state index in [1.54, 1.807) is 7.05 Å². The van der Waals surface area contributed by atoms with E-state index in [4.69, 9.17) is 4.74 Å². The first-order chi connectivity index (χ1) is 17.0. The van der Waals surface area contributed by atoms with Gasteiger partial charge >= 0.3 is 6.18 Å². The Hall–Kier alpha value is -2.28. The van der Waals surface area contributed by atoms with Crippen LogP contribution >= 0.6 is 11.3 Å². The summed E-state index contributed by atoms with van der Waals surface area (Å²) in [4.78, 5) is 19.6. The number of carbonyl (C=O) groups excluding carboxylic acids is 1. The van der Waals surface area contributed by atoms with Crippen molar-refractivity contribution in [1.82, 2.24) is 25.0 Å². The summed E-state index contributed by atoms with van der Waals surface area (Å²) < 4.78 is 72.3. The molecule has 4 rings (SSSR count). The lowest BCUT2D eigenvalue weighted by Crippen LogP contribution is -2.43. The number of nitrogens with one attached hydrogen (secondary N) is 1. The second kappa shape index (κ2) is 11.0. The molecule has 2 aliphatic rings. The summed E-state index contributed by atoms with van der Waals surface area (Å²) in [5.41, 5.74) is -0.306. The minimum absolute atomic E-state index is 0.0444. The second-order valence-electron chi connectivity index (χ2n) is 9.63. The Bertz CT molecular complexity index is 1020. The van der Waals surface area contributed by atoms with E-state index in [-0.39, 0.29) is 29.1 Å². The second-order valence-corrected chi connectivity index (χ2v) is 10.7. The van der Waals surface area contributed by atoms with Gasteiger partial charge < -0.3 is 15.0 Å². The predicted octanol–water partition coefficient (Wildman–Crippen LogP) is 3.76. The highest BCUT2D eigenvalue weighted by Gasteiger charge is 2.36. The number of carbonyl (C=O) groups is 1. The summed E-state index contributed by atoms with van der Waals surface area (Å²) in [5.74, 6) is -0.954. The van der Waals surface area contributed by atoms with Gasteiger partial charge in [0.1, 0.15) is 5.67 Å². The summed E-state index contributed by atoms with van der Waals surface area (Å²) >= 11 is 1.15. The minimum atomic E-state index is -4.40. The summed E-state index contributed by atoms with van der Waals surface area (Å²) in [6.07, 6.45) is 0.355. The van der Waals surface area contributed by atoms with Gasteiger partial charge in [-0.3, -0.25) is 9.48 Å². The fraction of sp³-hybridized carbons (Fsp3) is 0.696. The number of nitrogens with zero attached hydrogens (tertiary/aromatic N) is 4. The third kappa shape index (κ3) is 7.37. The number of rotatable bonds is 8. The normalized spacial score (nSPS) is 23.2. The molecule has 0 aromatic carbocycles. The highest BCUT2D eigenvalue weighted by atomic mass is 32.1. The lowest BCUT2D eigenvalue weighted by Gasteiger charge is -2.35. The van der Waals surface area contributed by atoms with Gasteiger partial charge in [-0.15, -0.1) is 5.10 Å². The van der Waals surface area contributed by atoms with Crippen molar-refractivity contribution < 1.29 is 31.5 Å². The predicted molar refractivity (Wildman–Crippen MR) is 123 cm³/mol. The standard InChI is InChI=1S/C23H30F5N5O2S/c1-32-13-15(20(24)31-32)12-19(34)29-16-2-6-22(25,7-3-16)8-11-33-9-4-17-18(5-10-33)36-21(30-17)35-14-23(26,27)28/h13,16H,2-12,14H2,1H3,(H,29,34)/t16-,22+. The van der Waals surface area contributed by atoms with E-state index in [0.717, 1.165) is 21.9 Å². The smallest absolute Gasteiger partial charge is 0.422 e. The molecule has 0 bridgehead atoms. The molecule has 1 saturated carbocycles. The fourth-order valence-corrected chi connectivity index (χ4v) is 5.73. The van der Waals surface area contributed by atoms with Gasteiger partial charge in [0.05, 0.1) is 12.1 Å². The first-order valence-electron chi connectivity index (χ1n) is 12.0. The summed E-state index contributed by atoms with van der Waals surface area (Å²) in [6, 6.07) is -0.130. The van der Waals surface area contributed by atoms with Gasteiger partial charge in [-0.25, -0.2) is 9.37 Å². The number of alkyl halides is 4. The number of fused-ring (bicyclic) bond motifs is 1. The number of ether oxygens (including phenoxy) is 1. The lowest BCUT2D eigenvalue weighted by molar-refractivity contribution is -0.153. The number of hydrogen-bond acceptors (Lipinski definition) is 6. The molecule has 1 aliphatic heterocycles. The molecule has 13 heteroatoms. The molecule has 0 spiro atoms. The Kier molecular flexibility index (Phi) is 8.18. The monoisotopic (exact) mass is 535 g/mol. The molecule has 1 N–H and O–H groups in total. The SMILES string of the molecule is Cn1cc(CC(=O)N[C@H]2CC[C@](F)(CCN3CCc4nc(OCC(F)(F)F)sc4CC3)CC2)c(F)n1. The van der Waals surface area contributed by atoms with E-state index in [1.807, 2.05) is 0 Å². The lowest BCUT2D eigenvalue weighted by atomic mass is 9.81. The highest BCUT2D eigenvalue weighted by Crippen LogP contribution is 2.36. The molecule has 1 aliphatic carbocycles. The van der Waals surface area contributed by atoms with Gasteiger partial charge in [-0.2, -0.15) is 17.6 Å². The molecule has 0 atom stereocenters. The number of thiazole rings is 1. The molecule has 1 amide bonds. The quantitative estimate of drug-likeness (QED) is 0.522. The topological polar surface area (TPSA) is 72.3 Å². The van der Waals surface area contributed by atoms with Crippen molar-refractivity contribution in [2.24, 2.45) is 7.05 Å². The molecular formula is C23H30F5N5O2S. The Labute approximate surface area is 210 Å². The largest absolute Gasteiger partial charge is 0.460 e. The van der Waals surface area contributed by atoms with Crippen LogP contribution in [0.1, 0.15) is 48.2 Å². The minimum Gasteiger partial charge on any atom is -0.460 e. The van der Waals surface area contributed by atoms with Crippen LogP contribution in [0, 0.1) is 5.95 Å². The van der Waals surface area contributed by atoms with E-state index in [9.17, 15) is 22.4 Å². The van der Waals surface area contributed by atoms with Crippen molar-refractivity contribution in [2.75, 3.05) is 26.2 Å². The van der Waals surface area contributed by atoms with Crippen molar-refractivity contribution in [3.63, 3.8) is 0 Å².